The van der Waals surface area contributed by atoms with Crippen molar-refractivity contribution in [1.82, 2.24) is 0 Å². The van der Waals surface area contributed by atoms with E-state index in [1.54, 1.807) is 19.9 Å². The minimum atomic E-state index is -1.24. The first kappa shape index (κ1) is 21.5. The predicted octanol–water partition coefficient (Wildman–Crippen LogP) is 2.10. The summed E-state index contributed by atoms with van der Waals surface area (Å²) in [5.74, 6) is -2.22. The monoisotopic (exact) mass is 416 g/mol. The molecule has 8 nitrogen and oxygen atoms in total. The fraction of sp³-hybridized carbons (Fsp3) is 0.455. The molecule has 8 heteroatoms. The Morgan fingerprint density at radius 2 is 2.03 bits per heavy atom. The van der Waals surface area contributed by atoms with Crippen LogP contribution in [0.25, 0.3) is 0 Å². The van der Waals surface area contributed by atoms with Crippen LogP contribution in [0.1, 0.15) is 34.1 Å². The Morgan fingerprint density at radius 3 is 2.70 bits per heavy atom. The lowest BCUT2D eigenvalue weighted by molar-refractivity contribution is -0.153. The summed E-state index contributed by atoms with van der Waals surface area (Å²) in [5.41, 5.74) is -0.205. The molecule has 0 N–H and O–H groups in total. The summed E-state index contributed by atoms with van der Waals surface area (Å²) in [5, 5.41) is 0. The molecule has 0 amide bonds. The van der Waals surface area contributed by atoms with E-state index < -0.39 is 41.6 Å². The van der Waals surface area contributed by atoms with E-state index in [2.05, 4.69) is 6.58 Å². The molecule has 0 radical (unpaired) electrons. The maximum Gasteiger partial charge on any atom is 0.334 e. The number of carbonyl (C=O) groups is 4. The molecule has 4 unspecified atom stereocenters. The van der Waals surface area contributed by atoms with Crippen molar-refractivity contribution in [2.75, 3.05) is 6.61 Å². The van der Waals surface area contributed by atoms with E-state index in [9.17, 15) is 19.2 Å². The Morgan fingerprint density at radius 1 is 1.33 bits per heavy atom. The molecule has 3 aliphatic heterocycles. The lowest BCUT2D eigenvalue weighted by Gasteiger charge is -2.31. The third kappa shape index (κ3) is 4.08. The van der Waals surface area contributed by atoms with Gasteiger partial charge in [0.15, 0.2) is 5.60 Å². The molecular formula is C22H24O8. The second kappa shape index (κ2) is 7.93. The number of fused-ring (bicyclic) bond motifs is 3. The van der Waals surface area contributed by atoms with Gasteiger partial charge in [-0.3, -0.25) is 9.59 Å². The average molecular weight is 416 g/mol. The molecule has 1 fully saturated rings. The number of allylic oxidation sites excluding steroid dienone is 1. The summed E-state index contributed by atoms with van der Waals surface area (Å²) in [6.07, 6.45) is 2.93. The van der Waals surface area contributed by atoms with Crippen molar-refractivity contribution < 1.29 is 38.1 Å². The molecule has 1 saturated heterocycles. The van der Waals surface area contributed by atoms with Gasteiger partial charge in [0, 0.05) is 30.6 Å². The molecule has 3 heterocycles. The third-order valence-electron chi connectivity index (χ3n) is 5.43. The van der Waals surface area contributed by atoms with Gasteiger partial charge >= 0.3 is 17.9 Å². The molecule has 4 atom stereocenters. The second-order valence-corrected chi connectivity index (χ2v) is 7.81. The van der Waals surface area contributed by atoms with E-state index in [1.165, 1.54) is 26.0 Å². The first-order valence-electron chi connectivity index (χ1n) is 9.56. The first-order chi connectivity index (χ1) is 14.0. The lowest BCUT2D eigenvalue weighted by Crippen LogP contribution is -2.42. The van der Waals surface area contributed by atoms with Gasteiger partial charge in [-0.2, -0.15) is 0 Å². The molecule has 0 saturated carbocycles. The van der Waals surface area contributed by atoms with Gasteiger partial charge in [0.2, 0.25) is 5.78 Å². The summed E-state index contributed by atoms with van der Waals surface area (Å²) in [7, 11) is 0. The van der Waals surface area contributed by atoms with Crippen molar-refractivity contribution in [2.24, 2.45) is 5.92 Å². The van der Waals surface area contributed by atoms with E-state index in [0.29, 0.717) is 11.3 Å². The molecular weight excluding hydrogens is 392 g/mol. The number of carbonyl (C=O) groups excluding carboxylic acids is 4. The second-order valence-electron chi connectivity index (χ2n) is 7.81. The quantitative estimate of drug-likeness (QED) is 0.390. The molecule has 3 aliphatic rings. The number of rotatable bonds is 4. The van der Waals surface area contributed by atoms with Gasteiger partial charge in [-0.05, 0) is 38.5 Å². The van der Waals surface area contributed by atoms with Crippen molar-refractivity contribution in [3.8, 4) is 0 Å². The van der Waals surface area contributed by atoms with Crippen molar-refractivity contribution in [3.05, 3.63) is 47.3 Å². The van der Waals surface area contributed by atoms with Crippen molar-refractivity contribution in [1.29, 1.82) is 0 Å². The Hall–Kier alpha value is -3.16. The van der Waals surface area contributed by atoms with Gasteiger partial charge < -0.3 is 18.9 Å². The standard InChI is InChI=1S/C22H24O8/c1-11(6-7-27-14(4)23)20(25)29-17-10-22(5)18(24)9-15(30-22)12(2)8-16-19(17)13(3)21(26)28-16/h6,8-9,16-17,19H,3,7,10H2,1-2,4-5H3/b11-6+,12-8?. The van der Waals surface area contributed by atoms with Gasteiger partial charge in [0.25, 0.3) is 0 Å². The maximum absolute atomic E-state index is 12.7. The highest BCUT2D eigenvalue weighted by atomic mass is 16.6. The highest BCUT2D eigenvalue weighted by Crippen LogP contribution is 2.42. The topological polar surface area (TPSA) is 105 Å². The molecule has 0 aromatic carbocycles. The summed E-state index contributed by atoms with van der Waals surface area (Å²) in [6.45, 7) is 9.90. The van der Waals surface area contributed by atoms with Crippen LogP contribution < -0.4 is 0 Å². The molecule has 0 spiro atoms. The van der Waals surface area contributed by atoms with Gasteiger partial charge in [-0.25, -0.2) is 9.59 Å². The largest absolute Gasteiger partial charge is 0.479 e. The van der Waals surface area contributed by atoms with Crippen LogP contribution >= 0.6 is 0 Å². The number of ketones is 1. The number of hydrogen-bond acceptors (Lipinski definition) is 8. The molecule has 0 aromatic rings. The molecule has 2 bridgehead atoms. The molecule has 0 aliphatic carbocycles. The number of ether oxygens (including phenoxy) is 4. The van der Waals surface area contributed by atoms with E-state index in [4.69, 9.17) is 18.9 Å². The van der Waals surface area contributed by atoms with Crippen LogP contribution in [0.4, 0.5) is 0 Å². The molecule has 3 rings (SSSR count). The first-order valence-corrected chi connectivity index (χ1v) is 9.56. The summed E-state index contributed by atoms with van der Waals surface area (Å²) in [4.78, 5) is 48.3. The van der Waals surface area contributed by atoms with Crippen LogP contribution in [0.3, 0.4) is 0 Å². The van der Waals surface area contributed by atoms with E-state index in [1.807, 2.05) is 0 Å². The Labute approximate surface area is 174 Å². The van der Waals surface area contributed by atoms with Gasteiger partial charge in [-0.1, -0.05) is 6.58 Å². The van der Waals surface area contributed by atoms with Crippen LogP contribution in [0.5, 0.6) is 0 Å². The van der Waals surface area contributed by atoms with Crippen LogP contribution in [-0.2, 0) is 38.1 Å². The Kier molecular flexibility index (Phi) is 5.70. The predicted molar refractivity (Wildman–Crippen MR) is 104 cm³/mol. The smallest absolute Gasteiger partial charge is 0.334 e. The van der Waals surface area contributed by atoms with Crippen LogP contribution in [-0.4, -0.2) is 48.1 Å². The van der Waals surface area contributed by atoms with Gasteiger partial charge in [0.1, 0.15) is 24.6 Å². The zero-order valence-corrected chi connectivity index (χ0v) is 17.4. The van der Waals surface area contributed by atoms with Gasteiger partial charge in [0.05, 0.1) is 5.92 Å². The zero-order chi connectivity index (χ0) is 22.2. The van der Waals surface area contributed by atoms with E-state index in [-0.39, 0.29) is 30.0 Å². The average Bonchev–Trinajstić information content (AvgIpc) is 3.10. The fourth-order valence-electron chi connectivity index (χ4n) is 3.66. The Balaban J connectivity index is 1.91. The summed E-state index contributed by atoms with van der Waals surface area (Å²) in [6, 6.07) is 0. The third-order valence-corrected chi connectivity index (χ3v) is 5.43. The number of hydrogen-bond donors (Lipinski definition) is 0. The fourth-order valence-corrected chi connectivity index (χ4v) is 3.66. The summed E-state index contributed by atoms with van der Waals surface area (Å²) >= 11 is 0. The Bertz CT molecular complexity index is 921. The van der Waals surface area contributed by atoms with Gasteiger partial charge in [-0.15, -0.1) is 0 Å². The van der Waals surface area contributed by atoms with Crippen LogP contribution in [0, 0.1) is 5.92 Å². The molecule has 0 aromatic heterocycles. The van der Waals surface area contributed by atoms with Crippen LogP contribution in [0.15, 0.2) is 47.3 Å². The zero-order valence-electron chi connectivity index (χ0n) is 17.4. The van der Waals surface area contributed by atoms with Crippen molar-refractivity contribution in [2.45, 2.75) is 51.9 Å². The highest BCUT2D eigenvalue weighted by molar-refractivity contribution is 6.00. The minimum Gasteiger partial charge on any atom is -0.479 e. The SMILES string of the molecule is C=C1C(=O)OC2C=C(C)C3=CC(=O)C(C)(CC(OC(=O)/C(C)=C/COC(C)=O)C12)O3. The number of esters is 3. The molecule has 160 valence electrons. The normalized spacial score (nSPS) is 30.7. The van der Waals surface area contributed by atoms with Crippen molar-refractivity contribution in [3.63, 3.8) is 0 Å². The maximum atomic E-state index is 12.7. The lowest BCUT2D eigenvalue weighted by atomic mass is 9.82. The molecule has 30 heavy (non-hydrogen) atoms. The van der Waals surface area contributed by atoms with E-state index >= 15 is 0 Å². The van der Waals surface area contributed by atoms with Crippen LogP contribution in [0.2, 0.25) is 0 Å². The minimum absolute atomic E-state index is 0.0206. The van der Waals surface area contributed by atoms with E-state index in [0.717, 1.165) is 0 Å². The highest BCUT2D eigenvalue weighted by Gasteiger charge is 2.51. The van der Waals surface area contributed by atoms with Crippen molar-refractivity contribution >= 4 is 23.7 Å². The summed E-state index contributed by atoms with van der Waals surface area (Å²) < 4.78 is 21.8.